The summed E-state index contributed by atoms with van der Waals surface area (Å²) >= 11 is 6.15. The van der Waals surface area contributed by atoms with Crippen LogP contribution in [0.2, 0.25) is 5.02 Å². The zero-order valence-electron chi connectivity index (χ0n) is 15.8. The van der Waals surface area contributed by atoms with Crippen molar-refractivity contribution in [2.75, 3.05) is 33.2 Å². The number of likely N-dealkylation sites (N-methyl/N-ethyl adjacent to an activating group) is 1. The number of hydrogen-bond acceptors (Lipinski definition) is 4. The van der Waals surface area contributed by atoms with Crippen LogP contribution in [0.1, 0.15) is 23.3 Å². The van der Waals surface area contributed by atoms with E-state index in [9.17, 15) is 4.79 Å². The smallest absolute Gasteiger partial charge is 0.274 e. The van der Waals surface area contributed by atoms with Crippen LogP contribution in [-0.2, 0) is 0 Å². The quantitative estimate of drug-likeness (QED) is 0.630. The molecule has 4 rings (SSSR count). The molecule has 28 heavy (non-hydrogen) atoms. The summed E-state index contributed by atoms with van der Waals surface area (Å²) in [5.74, 6) is 0.541. The van der Waals surface area contributed by atoms with Crippen LogP contribution in [0, 0.1) is 0 Å². The Morgan fingerprint density at radius 1 is 1.21 bits per heavy atom. The topological polar surface area (TPSA) is 54.5 Å². The molecule has 1 fully saturated rings. The third-order valence-electron chi connectivity index (χ3n) is 5.05. The summed E-state index contributed by atoms with van der Waals surface area (Å²) in [5.41, 5.74) is 1.87. The molecule has 0 aliphatic carbocycles. The summed E-state index contributed by atoms with van der Waals surface area (Å²) in [6.07, 6.45) is 4.09. The predicted octanol–water partition coefficient (Wildman–Crippen LogP) is 3.95. The molecule has 0 bridgehead atoms. The van der Waals surface area contributed by atoms with Crippen molar-refractivity contribution in [1.29, 1.82) is 0 Å². The van der Waals surface area contributed by atoms with Crippen molar-refractivity contribution in [2.24, 2.45) is 0 Å². The number of aromatic nitrogens is 2. The summed E-state index contributed by atoms with van der Waals surface area (Å²) in [7, 11) is 1.82. The average Bonchev–Trinajstić information content (AvgIpc) is 3.46. The zero-order chi connectivity index (χ0) is 19.5. The van der Waals surface area contributed by atoms with E-state index in [0.717, 1.165) is 25.3 Å². The van der Waals surface area contributed by atoms with E-state index in [1.807, 2.05) is 37.4 Å². The molecular weight excluding hydrogens is 376 g/mol. The number of carbonyl (C=O) groups excluding carboxylic acids is 1. The lowest BCUT2D eigenvalue weighted by atomic mass is 10.2. The monoisotopic (exact) mass is 398 g/mol. The van der Waals surface area contributed by atoms with Gasteiger partial charge in [-0.2, -0.15) is 5.10 Å². The third kappa shape index (κ3) is 3.98. The van der Waals surface area contributed by atoms with Gasteiger partial charge in [0.25, 0.3) is 5.91 Å². The van der Waals surface area contributed by atoms with E-state index < -0.39 is 0 Å². The number of carbonyl (C=O) groups is 1. The fourth-order valence-corrected chi connectivity index (χ4v) is 3.67. The minimum atomic E-state index is -0.104. The highest BCUT2D eigenvalue weighted by Gasteiger charge is 2.21. The Morgan fingerprint density at radius 2 is 2.04 bits per heavy atom. The van der Waals surface area contributed by atoms with Gasteiger partial charge in [0.2, 0.25) is 0 Å². The van der Waals surface area contributed by atoms with Gasteiger partial charge in [0.05, 0.1) is 12.0 Å². The number of hydrogen-bond donors (Lipinski definition) is 0. The van der Waals surface area contributed by atoms with Gasteiger partial charge in [0, 0.05) is 31.2 Å². The zero-order valence-corrected chi connectivity index (χ0v) is 16.6. The molecule has 0 saturated carbocycles. The normalized spacial score (nSPS) is 14.5. The summed E-state index contributed by atoms with van der Waals surface area (Å²) in [5, 5.41) is 5.18. The number of benzene rings is 1. The lowest BCUT2D eigenvalue weighted by molar-refractivity contribution is 0.0776. The molecule has 2 aromatic heterocycles. The first kappa shape index (κ1) is 18.8. The maximum atomic E-state index is 13.0. The van der Waals surface area contributed by atoms with Crippen LogP contribution >= 0.6 is 11.6 Å². The lowest BCUT2D eigenvalue weighted by Gasteiger charge is -2.20. The molecule has 3 aromatic rings. The highest BCUT2D eigenvalue weighted by Crippen LogP contribution is 2.26. The minimum absolute atomic E-state index is 0.104. The Kier molecular flexibility index (Phi) is 5.50. The maximum Gasteiger partial charge on any atom is 0.274 e. The highest BCUT2D eigenvalue weighted by molar-refractivity contribution is 6.30. The second kappa shape index (κ2) is 8.20. The Hall–Kier alpha value is -2.57. The molecule has 0 atom stereocenters. The molecule has 0 spiro atoms. The molecular formula is C21H23ClN4O2. The number of amides is 1. The van der Waals surface area contributed by atoms with Crippen molar-refractivity contribution < 1.29 is 9.21 Å². The van der Waals surface area contributed by atoms with Crippen LogP contribution in [0.15, 0.2) is 53.1 Å². The van der Waals surface area contributed by atoms with Crippen molar-refractivity contribution >= 4 is 17.5 Å². The fraction of sp³-hybridized carbons (Fsp3) is 0.333. The van der Waals surface area contributed by atoms with Crippen LogP contribution in [0.5, 0.6) is 0 Å². The Labute approximate surface area is 169 Å². The van der Waals surface area contributed by atoms with Crippen molar-refractivity contribution in [3.63, 3.8) is 0 Å². The molecule has 146 valence electrons. The molecule has 3 heterocycles. The van der Waals surface area contributed by atoms with Crippen LogP contribution in [0.3, 0.4) is 0 Å². The molecule has 1 aliphatic rings. The molecule has 0 radical (unpaired) electrons. The molecule has 0 unspecified atom stereocenters. The van der Waals surface area contributed by atoms with E-state index >= 15 is 0 Å². The molecule has 7 heteroatoms. The van der Waals surface area contributed by atoms with Gasteiger partial charge in [-0.25, -0.2) is 4.68 Å². The van der Waals surface area contributed by atoms with E-state index in [0.29, 0.717) is 28.7 Å². The molecule has 1 amide bonds. The van der Waals surface area contributed by atoms with Crippen LogP contribution in [0.25, 0.3) is 17.1 Å². The maximum absolute atomic E-state index is 13.0. The first-order chi connectivity index (χ1) is 13.6. The molecule has 1 saturated heterocycles. The van der Waals surface area contributed by atoms with Crippen molar-refractivity contribution in [3.05, 3.63) is 59.4 Å². The number of nitrogens with zero attached hydrogens (tertiary/aromatic N) is 4. The van der Waals surface area contributed by atoms with Crippen molar-refractivity contribution in [3.8, 4) is 17.1 Å². The summed E-state index contributed by atoms with van der Waals surface area (Å²) in [4.78, 5) is 17.1. The van der Waals surface area contributed by atoms with E-state index in [2.05, 4.69) is 10.00 Å². The number of furan rings is 1. The fourth-order valence-electron chi connectivity index (χ4n) is 3.48. The van der Waals surface area contributed by atoms with Crippen molar-refractivity contribution in [1.82, 2.24) is 19.6 Å². The van der Waals surface area contributed by atoms with Gasteiger partial charge in [-0.3, -0.25) is 4.79 Å². The number of rotatable bonds is 6. The second-order valence-electron chi connectivity index (χ2n) is 7.06. The number of halogens is 1. The first-order valence-corrected chi connectivity index (χ1v) is 9.87. The van der Waals surface area contributed by atoms with Gasteiger partial charge in [-0.1, -0.05) is 17.7 Å². The van der Waals surface area contributed by atoms with Gasteiger partial charge >= 0.3 is 0 Å². The molecule has 6 nitrogen and oxygen atoms in total. The van der Waals surface area contributed by atoms with E-state index in [1.54, 1.807) is 28.0 Å². The van der Waals surface area contributed by atoms with Gasteiger partial charge < -0.3 is 14.2 Å². The second-order valence-corrected chi connectivity index (χ2v) is 7.50. The highest BCUT2D eigenvalue weighted by atomic mass is 35.5. The van der Waals surface area contributed by atoms with E-state index in [1.165, 1.54) is 12.8 Å². The SMILES string of the molecule is CN(CCN1CCCC1)C(=O)c1cc(-c2ccco2)n(-c2cccc(Cl)c2)n1. The molecule has 0 N–H and O–H groups in total. The van der Waals surface area contributed by atoms with Gasteiger partial charge in [-0.05, 0) is 56.3 Å². The molecule has 1 aromatic carbocycles. The molecule has 1 aliphatic heterocycles. The third-order valence-corrected chi connectivity index (χ3v) is 5.29. The van der Waals surface area contributed by atoms with Crippen molar-refractivity contribution in [2.45, 2.75) is 12.8 Å². The van der Waals surface area contributed by atoms with E-state index in [-0.39, 0.29) is 5.91 Å². The van der Waals surface area contributed by atoms with Gasteiger partial charge in [0.1, 0.15) is 5.69 Å². The van der Waals surface area contributed by atoms with Crippen LogP contribution in [-0.4, -0.2) is 58.7 Å². The standard InChI is InChI=1S/C21H23ClN4O2/c1-24(11-12-25-9-2-3-10-25)21(27)18-15-19(20-8-5-13-28-20)26(23-18)17-7-4-6-16(22)14-17/h4-8,13-15H,2-3,9-12H2,1H3. The Balaban J connectivity index is 1.60. The summed E-state index contributed by atoms with van der Waals surface area (Å²) < 4.78 is 7.26. The van der Waals surface area contributed by atoms with Gasteiger partial charge in [-0.15, -0.1) is 0 Å². The van der Waals surface area contributed by atoms with Crippen LogP contribution < -0.4 is 0 Å². The summed E-state index contributed by atoms with van der Waals surface area (Å²) in [6.45, 7) is 3.81. The Bertz CT molecular complexity index is 945. The largest absolute Gasteiger partial charge is 0.463 e. The summed E-state index contributed by atoms with van der Waals surface area (Å²) in [6, 6.07) is 12.8. The van der Waals surface area contributed by atoms with Crippen LogP contribution in [0.4, 0.5) is 0 Å². The predicted molar refractivity (Wildman–Crippen MR) is 109 cm³/mol. The minimum Gasteiger partial charge on any atom is -0.463 e. The lowest BCUT2D eigenvalue weighted by Crippen LogP contribution is -2.35. The average molecular weight is 399 g/mol. The first-order valence-electron chi connectivity index (χ1n) is 9.49. The van der Waals surface area contributed by atoms with E-state index in [4.69, 9.17) is 16.0 Å². The number of likely N-dealkylation sites (tertiary alicyclic amines) is 1. The van der Waals surface area contributed by atoms with Gasteiger partial charge in [0.15, 0.2) is 11.5 Å². The Morgan fingerprint density at radius 3 is 2.75 bits per heavy atom.